The predicted octanol–water partition coefficient (Wildman–Crippen LogP) is 3.92. The first-order chi connectivity index (χ1) is 25.4. The number of nitrogens with zero attached hydrogens (tertiary/aromatic N) is 9. The van der Waals surface area contributed by atoms with Gasteiger partial charge in [0, 0.05) is 80.1 Å². The van der Waals surface area contributed by atoms with E-state index >= 15 is 0 Å². The number of methoxy groups -OCH3 is 1. The van der Waals surface area contributed by atoms with Gasteiger partial charge in [0.25, 0.3) is 0 Å². The first kappa shape index (κ1) is 37.7. The highest BCUT2D eigenvalue weighted by Crippen LogP contribution is 2.37. The Morgan fingerprint density at radius 3 is 2.34 bits per heavy atom. The largest absolute Gasteiger partial charge is 0.467 e. The van der Waals surface area contributed by atoms with E-state index in [2.05, 4.69) is 45.1 Å². The van der Waals surface area contributed by atoms with E-state index in [0.29, 0.717) is 62.9 Å². The summed E-state index contributed by atoms with van der Waals surface area (Å²) in [5, 5.41) is 3.12. The van der Waals surface area contributed by atoms with Crippen molar-refractivity contribution in [3.05, 3.63) is 55.0 Å². The van der Waals surface area contributed by atoms with Gasteiger partial charge >= 0.3 is 18.3 Å². The lowest BCUT2D eigenvalue weighted by atomic mass is 9.90. The summed E-state index contributed by atoms with van der Waals surface area (Å²) in [5.74, 6) is 0.223. The van der Waals surface area contributed by atoms with Gasteiger partial charge in [-0.1, -0.05) is 0 Å². The van der Waals surface area contributed by atoms with E-state index in [-0.39, 0.29) is 46.9 Å². The van der Waals surface area contributed by atoms with Crippen LogP contribution in [0.25, 0.3) is 22.5 Å². The highest BCUT2D eigenvalue weighted by Gasteiger charge is 2.37. The molecule has 2 aliphatic rings. The molecule has 4 aromatic rings. The number of anilines is 2. The molecule has 1 aliphatic carbocycles. The van der Waals surface area contributed by atoms with Gasteiger partial charge in [-0.15, -0.1) is 0 Å². The molecule has 2 fully saturated rings. The molecule has 0 aromatic carbocycles. The van der Waals surface area contributed by atoms with Gasteiger partial charge < -0.3 is 19.5 Å². The fraction of sp³-hybridized carbons (Fsp3) is 0.455. The van der Waals surface area contributed by atoms with Crippen LogP contribution in [-0.2, 0) is 25.5 Å². The molecule has 4 aromatic heterocycles. The number of morpholine rings is 1. The summed E-state index contributed by atoms with van der Waals surface area (Å²) in [5.41, 5.74) is -0.669. The molecule has 1 saturated heterocycles. The Kier molecular flexibility index (Phi) is 11.6. The molecule has 0 atom stereocenters. The van der Waals surface area contributed by atoms with Crippen molar-refractivity contribution >= 4 is 27.7 Å². The third-order valence-corrected chi connectivity index (χ3v) is 9.91. The Hall–Kier alpha value is -5.08. The average molecular weight is 759 g/mol. The Balaban J connectivity index is 1.17. The predicted molar refractivity (Wildman–Crippen MR) is 184 cm³/mol. The number of nitrogens with one attached hydrogen (secondary N) is 1. The summed E-state index contributed by atoms with van der Waals surface area (Å²) < 4.78 is 82.3. The molecule has 0 radical (unpaired) electrons. The van der Waals surface area contributed by atoms with E-state index < -0.39 is 33.4 Å². The van der Waals surface area contributed by atoms with Gasteiger partial charge in [0.1, 0.15) is 12.2 Å². The number of aromatic nitrogens is 7. The minimum atomic E-state index is -4.81. The van der Waals surface area contributed by atoms with Gasteiger partial charge in [0.05, 0.1) is 49.0 Å². The number of pyridine rings is 1. The molecule has 16 nitrogen and oxygen atoms in total. The van der Waals surface area contributed by atoms with Crippen LogP contribution in [-0.4, -0.2) is 119 Å². The van der Waals surface area contributed by atoms with Crippen molar-refractivity contribution in [3.63, 3.8) is 0 Å². The lowest BCUT2D eigenvalue weighted by Crippen LogP contribution is -2.46. The number of rotatable bonds is 11. The third kappa shape index (κ3) is 9.48. The first-order valence-electron chi connectivity index (χ1n) is 16.7. The molecule has 0 bridgehead atoms. The van der Waals surface area contributed by atoms with E-state index in [4.69, 9.17) is 14.2 Å². The van der Waals surface area contributed by atoms with Gasteiger partial charge in [-0.2, -0.15) is 13.2 Å². The van der Waals surface area contributed by atoms with E-state index in [1.807, 2.05) is 0 Å². The molecular formula is C33H37F3N10O6S. The maximum atomic E-state index is 14.0. The number of carbonyl (C=O) groups excluding carboxylic acids is 1. The lowest BCUT2D eigenvalue weighted by Gasteiger charge is -2.36. The van der Waals surface area contributed by atoms with Crippen LogP contribution < -0.4 is 15.0 Å². The summed E-state index contributed by atoms with van der Waals surface area (Å²) in [7, 11) is -2.28. The van der Waals surface area contributed by atoms with Crippen LogP contribution in [0.4, 0.5) is 29.7 Å². The van der Waals surface area contributed by atoms with Crippen molar-refractivity contribution < 1.29 is 40.6 Å². The van der Waals surface area contributed by atoms with E-state index in [0.717, 1.165) is 37.8 Å². The zero-order valence-electron chi connectivity index (χ0n) is 28.9. The van der Waals surface area contributed by atoms with Gasteiger partial charge in [-0.3, -0.25) is 19.8 Å². The maximum Gasteiger partial charge on any atom is 0.419 e. The SMILES string of the molecule is COc1ncc(-c2cnc(N(C(=O)OCCN3CCOCC3)[C@H]3CC[C@H](Nc4ncc(C(F)(F)F)c(-c5cncc(S(C)(=O)=O)c5)n4)CC3)cn2)cn1. The Morgan fingerprint density at radius 1 is 0.962 bits per heavy atom. The monoisotopic (exact) mass is 758 g/mol. The molecule has 1 N–H and O–H groups in total. The lowest BCUT2D eigenvalue weighted by molar-refractivity contribution is -0.137. The smallest absolute Gasteiger partial charge is 0.419 e. The fourth-order valence-electron chi connectivity index (χ4n) is 6.03. The van der Waals surface area contributed by atoms with Gasteiger partial charge in [-0.25, -0.2) is 38.1 Å². The third-order valence-electron chi connectivity index (χ3n) is 8.83. The minimum Gasteiger partial charge on any atom is -0.467 e. The van der Waals surface area contributed by atoms with Crippen LogP contribution in [0.1, 0.15) is 31.2 Å². The van der Waals surface area contributed by atoms with Crippen molar-refractivity contribution in [1.29, 1.82) is 0 Å². The number of sulfone groups is 1. The normalized spacial score (nSPS) is 18.3. The average Bonchev–Trinajstić information content (AvgIpc) is 3.16. The molecule has 6 rings (SSSR count). The number of ether oxygens (including phenoxy) is 3. The number of carbonyl (C=O) groups is 1. The van der Waals surface area contributed by atoms with Crippen LogP contribution in [0.5, 0.6) is 6.01 Å². The van der Waals surface area contributed by atoms with Crippen molar-refractivity contribution in [2.75, 3.05) is 63.0 Å². The quantitative estimate of drug-likeness (QED) is 0.232. The van der Waals surface area contributed by atoms with Crippen molar-refractivity contribution in [2.24, 2.45) is 0 Å². The standard InChI is InChI=1S/C33H37F3N10O6S/c1-50-31-41-15-22(16-42-31)27-19-39-28(20-38-27)46(32(47)52-12-9-45-7-10-51-11-8-45)24-5-3-23(4-6-24)43-30-40-18-26(33(34,35)36)29(44-30)21-13-25(17-37-14-21)53(2,48)49/h13-20,23-24H,3-12H2,1-2H3,(H,40,43,44)/t23-,24-. The summed E-state index contributed by atoms with van der Waals surface area (Å²) in [6, 6.07) is 0.724. The molecule has 53 heavy (non-hydrogen) atoms. The molecular weight excluding hydrogens is 721 g/mol. The van der Waals surface area contributed by atoms with Crippen molar-refractivity contribution in [3.8, 4) is 28.5 Å². The highest BCUT2D eigenvalue weighted by molar-refractivity contribution is 7.90. The molecule has 282 valence electrons. The van der Waals surface area contributed by atoms with Gasteiger partial charge in [-0.05, 0) is 31.7 Å². The van der Waals surface area contributed by atoms with E-state index in [1.165, 1.54) is 24.4 Å². The molecule has 1 aliphatic heterocycles. The molecule has 1 saturated carbocycles. The topological polar surface area (TPSA) is 188 Å². The molecule has 0 spiro atoms. The molecule has 5 heterocycles. The zero-order valence-corrected chi connectivity index (χ0v) is 29.7. The van der Waals surface area contributed by atoms with E-state index in [1.54, 1.807) is 12.4 Å². The Labute approximate surface area is 303 Å². The van der Waals surface area contributed by atoms with Crippen LogP contribution in [0.3, 0.4) is 0 Å². The summed E-state index contributed by atoms with van der Waals surface area (Å²) in [6.45, 7) is 3.43. The number of alkyl halides is 3. The Morgan fingerprint density at radius 2 is 1.70 bits per heavy atom. The zero-order chi connectivity index (χ0) is 37.6. The number of amides is 1. The second-order valence-electron chi connectivity index (χ2n) is 12.4. The molecule has 20 heteroatoms. The number of hydrogen-bond acceptors (Lipinski definition) is 15. The fourth-order valence-corrected chi connectivity index (χ4v) is 6.62. The van der Waals surface area contributed by atoms with Crippen LogP contribution in [0.15, 0.2) is 54.3 Å². The van der Waals surface area contributed by atoms with E-state index in [9.17, 15) is 26.4 Å². The van der Waals surface area contributed by atoms with Crippen LogP contribution in [0, 0.1) is 0 Å². The first-order valence-corrected chi connectivity index (χ1v) is 18.6. The maximum absolute atomic E-state index is 14.0. The van der Waals surface area contributed by atoms with Crippen LogP contribution in [0.2, 0.25) is 0 Å². The number of hydrogen-bond donors (Lipinski definition) is 1. The summed E-state index contributed by atoms with van der Waals surface area (Å²) >= 11 is 0. The summed E-state index contributed by atoms with van der Waals surface area (Å²) in [4.78, 5) is 46.2. The van der Waals surface area contributed by atoms with Crippen molar-refractivity contribution in [2.45, 2.75) is 48.8 Å². The van der Waals surface area contributed by atoms with Gasteiger partial charge in [0.15, 0.2) is 15.7 Å². The highest BCUT2D eigenvalue weighted by atomic mass is 32.2. The summed E-state index contributed by atoms with van der Waals surface area (Å²) in [6.07, 6.45) is 6.47. The van der Waals surface area contributed by atoms with Crippen LogP contribution >= 0.6 is 0 Å². The number of halogens is 3. The Bertz CT molecular complexity index is 1980. The second-order valence-corrected chi connectivity index (χ2v) is 14.5. The van der Waals surface area contributed by atoms with Gasteiger partial charge in [0.2, 0.25) is 5.95 Å². The molecule has 0 unspecified atom stereocenters. The van der Waals surface area contributed by atoms with Crippen molar-refractivity contribution in [1.82, 2.24) is 39.8 Å². The molecule has 1 amide bonds. The minimum absolute atomic E-state index is 0.0652. The second kappa shape index (κ2) is 16.3.